The summed E-state index contributed by atoms with van der Waals surface area (Å²) in [7, 11) is 3.17. The molecule has 1 aromatic heterocycles. The van der Waals surface area contributed by atoms with Gasteiger partial charge in [-0.05, 0) is 19.9 Å². The second-order valence-electron chi connectivity index (χ2n) is 4.73. The van der Waals surface area contributed by atoms with Gasteiger partial charge in [0, 0.05) is 25.2 Å². The van der Waals surface area contributed by atoms with Gasteiger partial charge >= 0.3 is 5.97 Å². The van der Waals surface area contributed by atoms with Crippen LogP contribution in [-0.4, -0.2) is 37.1 Å². The Morgan fingerprint density at radius 1 is 1.53 bits per heavy atom. The van der Waals surface area contributed by atoms with Crippen LogP contribution in [0.3, 0.4) is 0 Å². The van der Waals surface area contributed by atoms with Crippen LogP contribution in [0.25, 0.3) is 0 Å². The van der Waals surface area contributed by atoms with Crippen LogP contribution < -0.4 is 10.2 Å². The van der Waals surface area contributed by atoms with Crippen molar-refractivity contribution < 1.29 is 14.3 Å². The number of methoxy groups -OCH3 is 1. The second kappa shape index (κ2) is 4.87. The highest BCUT2D eigenvalue weighted by molar-refractivity contribution is 6.03. The summed E-state index contributed by atoms with van der Waals surface area (Å²) < 4.78 is 4.73. The molecule has 0 atom stereocenters. The average Bonchev–Trinajstić information content (AvgIpc) is 2.77. The van der Waals surface area contributed by atoms with Crippen LogP contribution in [-0.2, 0) is 11.3 Å². The van der Waals surface area contributed by atoms with Gasteiger partial charge in [-0.1, -0.05) is 0 Å². The first kappa shape index (κ1) is 13.3. The molecule has 1 aliphatic heterocycles. The normalized spacial score (nSPS) is 13.2. The third-order valence-corrected chi connectivity index (χ3v) is 3.30. The lowest BCUT2D eigenvalue weighted by atomic mass is 10.1. The maximum Gasteiger partial charge on any atom is 0.357 e. The van der Waals surface area contributed by atoms with Gasteiger partial charge in [0.1, 0.15) is 5.82 Å². The molecule has 6 nitrogen and oxygen atoms in total. The molecular weight excluding hydrogens is 246 g/mol. The summed E-state index contributed by atoms with van der Waals surface area (Å²) >= 11 is 0. The first-order valence-corrected chi connectivity index (χ1v) is 6.09. The van der Waals surface area contributed by atoms with Gasteiger partial charge in [-0.2, -0.15) is 0 Å². The number of esters is 1. The van der Waals surface area contributed by atoms with Gasteiger partial charge < -0.3 is 15.0 Å². The molecule has 0 saturated carbocycles. The lowest BCUT2D eigenvalue weighted by Crippen LogP contribution is -2.27. The molecule has 1 N–H and O–H groups in total. The van der Waals surface area contributed by atoms with Gasteiger partial charge in [0.05, 0.1) is 12.7 Å². The molecule has 1 amide bonds. The summed E-state index contributed by atoms with van der Waals surface area (Å²) in [6, 6.07) is 1.92. The van der Waals surface area contributed by atoms with E-state index in [9.17, 15) is 9.59 Å². The minimum absolute atomic E-state index is 0.180. The van der Waals surface area contributed by atoms with Crippen LogP contribution >= 0.6 is 0 Å². The zero-order chi connectivity index (χ0) is 14.2. The molecule has 1 aliphatic rings. The van der Waals surface area contributed by atoms with Crippen molar-refractivity contribution >= 4 is 17.7 Å². The number of ether oxygens (including phenoxy) is 1. The molecule has 19 heavy (non-hydrogen) atoms. The average molecular weight is 263 g/mol. The van der Waals surface area contributed by atoms with E-state index in [1.807, 2.05) is 25.8 Å². The topological polar surface area (TPSA) is 71.5 Å². The van der Waals surface area contributed by atoms with Crippen molar-refractivity contribution in [3.8, 4) is 0 Å². The van der Waals surface area contributed by atoms with E-state index in [2.05, 4.69) is 10.3 Å². The number of nitrogens with one attached hydrogen (secondary N) is 1. The van der Waals surface area contributed by atoms with Gasteiger partial charge in [-0.15, -0.1) is 0 Å². The number of amides is 1. The highest BCUT2D eigenvalue weighted by Crippen LogP contribution is 2.25. The van der Waals surface area contributed by atoms with Crippen LogP contribution in [0.15, 0.2) is 6.07 Å². The summed E-state index contributed by atoms with van der Waals surface area (Å²) in [6.07, 6.45) is 0. The molecule has 2 heterocycles. The minimum Gasteiger partial charge on any atom is -0.464 e. The fourth-order valence-corrected chi connectivity index (χ4v) is 1.91. The van der Waals surface area contributed by atoms with Crippen molar-refractivity contribution in [1.82, 2.24) is 10.3 Å². The Balaban J connectivity index is 2.57. The third-order valence-electron chi connectivity index (χ3n) is 3.30. The number of aromatic nitrogens is 1. The summed E-state index contributed by atoms with van der Waals surface area (Å²) in [6.45, 7) is 4.33. The molecule has 0 saturated heterocycles. The standard InChI is InChI=1S/C13H17N3O3/c1-7(2)16(3)10-5-8-9(6-14-12(8)17)11(15-10)13(18)19-4/h5,7H,6H2,1-4H3,(H,14,17). The van der Waals surface area contributed by atoms with Gasteiger partial charge in [-0.25, -0.2) is 9.78 Å². The number of pyridine rings is 1. The minimum atomic E-state index is -0.522. The van der Waals surface area contributed by atoms with E-state index in [0.717, 1.165) is 0 Å². The molecule has 1 aromatic rings. The summed E-state index contributed by atoms with van der Waals surface area (Å²) in [5.41, 5.74) is 1.32. The van der Waals surface area contributed by atoms with E-state index in [1.54, 1.807) is 6.07 Å². The molecule has 2 rings (SSSR count). The van der Waals surface area contributed by atoms with Gasteiger partial charge in [0.25, 0.3) is 5.91 Å². The van der Waals surface area contributed by atoms with E-state index < -0.39 is 5.97 Å². The first-order chi connectivity index (χ1) is 8.95. The Bertz CT molecular complexity index is 540. The van der Waals surface area contributed by atoms with Crippen molar-refractivity contribution in [1.29, 1.82) is 0 Å². The van der Waals surface area contributed by atoms with Crippen LogP contribution in [0.1, 0.15) is 40.3 Å². The Kier molecular flexibility index (Phi) is 3.42. The fourth-order valence-electron chi connectivity index (χ4n) is 1.91. The predicted molar refractivity (Wildman–Crippen MR) is 70.3 cm³/mol. The Morgan fingerprint density at radius 3 is 2.79 bits per heavy atom. The summed E-state index contributed by atoms with van der Waals surface area (Å²) in [4.78, 5) is 29.8. The lowest BCUT2D eigenvalue weighted by Gasteiger charge is -2.23. The largest absolute Gasteiger partial charge is 0.464 e. The molecule has 0 aliphatic carbocycles. The molecule has 0 unspecified atom stereocenters. The van der Waals surface area contributed by atoms with Crippen molar-refractivity contribution in [3.05, 3.63) is 22.9 Å². The number of carbonyl (C=O) groups excluding carboxylic acids is 2. The maximum absolute atomic E-state index is 11.8. The van der Waals surface area contributed by atoms with Crippen LogP contribution in [0.2, 0.25) is 0 Å². The number of hydrogen-bond donors (Lipinski definition) is 1. The van der Waals surface area contributed by atoms with E-state index in [1.165, 1.54) is 7.11 Å². The molecule has 0 radical (unpaired) electrons. The number of rotatable bonds is 3. The van der Waals surface area contributed by atoms with Gasteiger partial charge in [-0.3, -0.25) is 4.79 Å². The highest BCUT2D eigenvalue weighted by Gasteiger charge is 2.28. The second-order valence-corrected chi connectivity index (χ2v) is 4.73. The van der Waals surface area contributed by atoms with E-state index in [-0.39, 0.29) is 17.6 Å². The number of carbonyl (C=O) groups is 2. The molecule has 0 fully saturated rings. The van der Waals surface area contributed by atoms with Gasteiger partial charge in [0.15, 0.2) is 5.69 Å². The first-order valence-electron chi connectivity index (χ1n) is 6.09. The smallest absolute Gasteiger partial charge is 0.357 e. The van der Waals surface area contributed by atoms with Crippen molar-refractivity contribution in [2.24, 2.45) is 0 Å². The zero-order valence-electron chi connectivity index (χ0n) is 11.5. The number of anilines is 1. The van der Waals surface area contributed by atoms with Crippen molar-refractivity contribution in [3.63, 3.8) is 0 Å². The molecular formula is C13H17N3O3. The maximum atomic E-state index is 11.8. The highest BCUT2D eigenvalue weighted by atomic mass is 16.5. The Hall–Kier alpha value is -2.11. The van der Waals surface area contributed by atoms with Crippen molar-refractivity contribution in [2.45, 2.75) is 26.4 Å². The van der Waals surface area contributed by atoms with Crippen LogP contribution in [0.4, 0.5) is 5.82 Å². The van der Waals surface area contributed by atoms with E-state index in [0.29, 0.717) is 23.5 Å². The summed E-state index contributed by atoms with van der Waals surface area (Å²) in [5, 5.41) is 2.69. The monoisotopic (exact) mass is 263 g/mol. The molecule has 0 aromatic carbocycles. The number of fused-ring (bicyclic) bond motifs is 1. The van der Waals surface area contributed by atoms with Crippen LogP contribution in [0.5, 0.6) is 0 Å². The Labute approximate surface area is 111 Å². The molecule has 102 valence electrons. The third kappa shape index (κ3) is 2.25. The fraction of sp³-hybridized carbons (Fsp3) is 0.462. The van der Waals surface area contributed by atoms with E-state index in [4.69, 9.17) is 4.74 Å². The zero-order valence-corrected chi connectivity index (χ0v) is 11.5. The predicted octanol–water partition coefficient (Wildman–Crippen LogP) is 0.956. The van der Waals surface area contributed by atoms with Gasteiger partial charge in [0.2, 0.25) is 0 Å². The lowest BCUT2D eigenvalue weighted by molar-refractivity contribution is 0.0592. The molecule has 0 bridgehead atoms. The van der Waals surface area contributed by atoms with Crippen LogP contribution in [0, 0.1) is 0 Å². The number of nitrogens with zero attached hydrogens (tertiary/aromatic N) is 2. The molecule has 6 heteroatoms. The summed E-state index contributed by atoms with van der Waals surface area (Å²) in [5.74, 6) is -0.112. The Morgan fingerprint density at radius 2 is 2.21 bits per heavy atom. The SMILES string of the molecule is COC(=O)c1nc(N(C)C(C)C)cc2c1CNC2=O. The van der Waals surface area contributed by atoms with E-state index >= 15 is 0 Å². The molecule has 0 spiro atoms. The number of hydrogen-bond acceptors (Lipinski definition) is 5. The van der Waals surface area contributed by atoms with Crippen molar-refractivity contribution in [2.75, 3.05) is 19.1 Å². The quantitative estimate of drug-likeness (QED) is 0.822.